The third-order valence-corrected chi connectivity index (χ3v) is 13.1. The lowest BCUT2D eigenvalue weighted by molar-refractivity contribution is 1.65. The second kappa shape index (κ2) is 10.5. The maximum atomic E-state index is 2.37. The molecule has 0 aliphatic carbocycles. The molecule has 0 unspecified atom stereocenters. The van der Waals surface area contributed by atoms with E-state index in [2.05, 4.69) is 144 Å². The number of hydrogen-bond donors (Lipinski definition) is 0. The number of hydrogen-bond acceptors (Lipinski definition) is 4. The average molecular weight is 657 g/mol. The topological polar surface area (TPSA) is 0 Å². The van der Waals surface area contributed by atoms with Gasteiger partial charge < -0.3 is 0 Å². The van der Waals surface area contributed by atoms with E-state index >= 15 is 0 Å². The maximum Gasteiger partial charge on any atom is 0.0355 e. The molecule has 4 heterocycles. The normalized spacial score (nSPS) is 11.9. The molecule has 6 aromatic carbocycles. The molecule has 4 aromatic heterocycles. The fourth-order valence-corrected chi connectivity index (χ4v) is 10.4. The Bertz CT molecular complexity index is 2470. The molecule has 0 atom stereocenters. The van der Waals surface area contributed by atoms with Gasteiger partial charge in [-0.25, -0.2) is 0 Å². The van der Waals surface area contributed by atoms with Gasteiger partial charge in [0.2, 0.25) is 0 Å². The minimum absolute atomic E-state index is 1.26. The molecule has 10 aromatic rings. The Kier molecular flexibility index (Phi) is 6.06. The van der Waals surface area contributed by atoms with Gasteiger partial charge in [0.15, 0.2) is 0 Å². The molecule has 0 aliphatic rings. The number of thiophene rings is 4. The smallest absolute Gasteiger partial charge is 0.0355 e. The highest BCUT2D eigenvalue weighted by Gasteiger charge is 2.11. The molecular formula is C42H24S4. The van der Waals surface area contributed by atoms with Gasteiger partial charge in [-0.2, -0.15) is 0 Å². The van der Waals surface area contributed by atoms with E-state index in [1.165, 1.54) is 94.3 Å². The molecule has 46 heavy (non-hydrogen) atoms. The SMILES string of the molecule is c1cc2ccc(-c3ccc(-c4cc5cc6cc7sc(-c8ccc(-c9ccc%10ccsc%10c9)cc8)cc7cc6cc5s4)cc3)cc2s1. The molecule has 0 fully saturated rings. The van der Waals surface area contributed by atoms with Crippen LogP contribution in [-0.4, -0.2) is 0 Å². The molecule has 0 amide bonds. The summed E-state index contributed by atoms with van der Waals surface area (Å²) < 4.78 is 5.35. The fourth-order valence-electron chi connectivity index (χ4n) is 6.53. The van der Waals surface area contributed by atoms with Gasteiger partial charge in [-0.3, -0.25) is 0 Å². The Morgan fingerprint density at radius 1 is 0.261 bits per heavy atom. The largest absolute Gasteiger partial charge is 0.144 e. The van der Waals surface area contributed by atoms with Gasteiger partial charge in [-0.1, -0.05) is 72.8 Å². The summed E-state index contributed by atoms with van der Waals surface area (Å²) in [6.07, 6.45) is 0. The molecule has 4 heteroatoms. The van der Waals surface area contributed by atoms with Crippen molar-refractivity contribution >= 4 is 96.5 Å². The maximum absolute atomic E-state index is 2.37. The van der Waals surface area contributed by atoms with Crippen LogP contribution in [0.2, 0.25) is 0 Å². The summed E-state index contributed by atoms with van der Waals surface area (Å²) in [5.41, 5.74) is 7.62. The van der Waals surface area contributed by atoms with Gasteiger partial charge in [-0.15, -0.1) is 45.3 Å². The van der Waals surface area contributed by atoms with Crippen LogP contribution in [0.25, 0.3) is 94.3 Å². The molecule has 0 radical (unpaired) electrons. The molecule has 0 N–H and O–H groups in total. The third kappa shape index (κ3) is 4.52. The van der Waals surface area contributed by atoms with Crippen molar-refractivity contribution in [2.75, 3.05) is 0 Å². The van der Waals surface area contributed by atoms with Crippen LogP contribution in [0.5, 0.6) is 0 Å². The van der Waals surface area contributed by atoms with E-state index in [0.717, 1.165) is 0 Å². The van der Waals surface area contributed by atoms with Crippen molar-refractivity contribution in [1.29, 1.82) is 0 Å². The van der Waals surface area contributed by atoms with Crippen molar-refractivity contribution < 1.29 is 0 Å². The molecule has 0 spiro atoms. The number of benzene rings is 6. The highest BCUT2D eigenvalue weighted by molar-refractivity contribution is 7.23. The summed E-state index contributed by atoms with van der Waals surface area (Å²) in [6.45, 7) is 0. The van der Waals surface area contributed by atoms with Crippen molar-refractivity contribution in [2.45, 2.75) is 0 Å². The van der Waals surface area contributed by atoms with Crippen LogP contribution in [0.1, 0.15) is 0 Å². The molecule has 0 saturated carbocycles. The van der Waals surface area contributed by atoms with Crippen LogP contribution >= 0.6 is 45.3 Å². The first kappa shape index (κ1) is 26.6. The van der Waals surface area contributed by atoms with Crippen LogP contribution in [0.3, 0.4) is 0 Å². The van der Waals surface area contributed by atoms with Crippen molar-refractivity contribution in [1.82, 2.24) is 0 Å². The molecule has 0 bridgehead atoms. The van der Waals surface area contributed by atoms with Crippen LogP contribution in [0.15, 0.2) is 144 Å². The molecule has 0 aliphatic heterocycles. The summed E-state index contributed by atoms with van der Waals surface area (Å²) in [5.74, 6) is 0. The molecule has 10 rings (SSSR count). The van der Waals surface area contributed by atoms with Crippen molar-refractivity contribution in [3.05, 3.63) is 144 Å². The molecule has 0 nitrogen and oxygen atoms in total. The van der Waals surface area contributed by atoms with Crippen LogP contribution < -0.4 is 0 Å². The van der Waals surface area contributed by atoms with Crippen molar-refractivity contribution in [3.63, 3.8) is 0 Å². The minimum Gasteiger partial charge on any atom is -0.144 e. The zero-order valence-electron chi connectivity index (χ0n) is 24.5. The van der Waals surface area contributed by atoms with E-state index in [1.807, 2.05) is 22.7 Å². The molecule has 0 saturated heterocycles. The van der Waals surface area contributed by atoms with Gasteiger partial charge in [0.05, 0.1) is 0 Å². The predicted molar refractivity (Wildman–Crippen MR) is 207 cm³/mol. The quantitative estimate of drug-likeness (QED) is 0.177. The van der Waals surface area contributed by atoms with E-state index in [-0.39, 0.29) is 0 Å². The highest BCUT2D eigenvalue weighted by atomic mass is 32.1. The average Bonchev–Trinajstić information content (AvgIpc) is 3.91. The predicted octanol–water partition coefficient (Wildman–Crippen LogP) is 14.4. The summed E-state index contributed by atoms with van der Waals surface area (Å²) in [4.78, 5) is 2.63. The Morgan fingerprint density at radius 2 is 0.674 bits per heavy atom. The van der Waals surface area contributed by atoms with E-state index in [0.29, 0.717) is 0 Å². The summed E-state index contributed by atoms with van der Waals surface area (Å²) in [7, 11) is 0. The Labute approximate surface area is 282 Å². The second-order valence-electron chi connectivity index (χ2n) is 11.8. The van der Waals surface area contributed by atoms with Gasteiger partial charge >= 0.3 is 0 Å². The van der Waals surface area contributed by atoms with E-state index in [1.54, 1.807) is 22.7 Å². The van der Waals surface area contributed by atoms with E-state index in [4.69, 9.17) is 0 Å². The first-order valence-corrected chi connectivity index (χ1v) is 18.7. The zero-order chi connectivity index (χ0) is 30.2. The number of rotatable bonds is 4. The highest BCUT2D eigenvalue weighted by Crippen LogP contribution is 2.41. The van der Waals surface area contributed by atoms with Crippen molar-refractivity contribution in [2.24, 2.45) is 0 Å². The molecule has 216 valence electrons. The lowest BCUT2D eigenvalue weighted by atomic mass is 10.0. The number of fused-ring (bicyclic) bond motifs is 5. The standard InChI is InChI=1S/C42H24S4/c1-5-27(6-2-25(1)31-11-9-29-13-15-43-37(29)19-31)39-23-35-17-33-22-42-36(18-34(33)21-41(35)45-39)24-40(46-42)28-7-3-26(4-8-28)32-12-10-30-14-16-44-38(30)20-32/h1-24H. The lowest BCUT2D eigenvalue weighted by Crippen LogP contribution is -1.78. The Balaban J connectivity index is 0.947. The van der Waals surface area contributed by atoms with E-state index in [9.17, 15) is 0 Å². The van der Waals surface area contributed by atoms with Gasteiger partial charge in [0.25, 0.3) is 0 Å². The Morgan fingerprint density at radius 3 is 1.13 bits per heavy atom. The van der Waals surface area contributed by atoms with Gasteiger partial charge in [-0.05, 0) is 137 Å². The second-order valence-corrected chi connectivity index (χ2v) is 15.9. The first-order valence-electron chi connectivity index (χ1n) is 15.3. The lowest BCUT2D eigenvalue weighted by Gasteiger charge is -2.04. The minimum atomic E-state index is 1.26. The zero-order valence-corrected chi connectivity index (χ0v) is 27.8. The van der Waals surface area contributed by atoms with Gasteiger partial charge in [0, 0.05) is 28.6 Å². The van der Waals surface area contributed by atoms with Gasteiger partial charge in [0.1, 0.15) is 0 Å². The Hall–Kier alpha value is -4.58. The summed E-state index contributed by atoms with van der Waals surface area (Å²) in [5, 5.41) is 12.2. The fraction of sp³-hybridized carbons (Fsp3) is 0. The summed E-state index contributed by atoms with van der Waals surface area (Å²) in [6, 6.07) is 50.2. The van der Waals surface area contributed by atoms with Crippen molar-refractivity contribution in [3.8, 4) is 43.1 Å². The van der Waals surface area contributed by atoms with Crippen LogP contribution in [0.4, 0.5) is 0 Å². The molecular weight excluding hydrogens is 633 g/mol. The summed E-state index contributed by atoms with van der Waals surface area (Å²) >= 11 is 7.37. The monoisotopic (exact) mass is 656 g/mol. The van der Waals surface area contributed by atoms with E-state index < -0.39 is 0 Å². The van der Waals surface area contributed by atoms with Crippen LogP contribution in [-0.2, 0) is 0 Å². The first-order chi connectivity index (χ1) is 22.7. The third-order valence-electron chi connectivity index (χ3n) is 9.03. The van der Waals surface area contributed by atoms with Crippen LogP contribution in [0, 0.1) is 0 Å².